The molecular formula is C24H24N6O5. The monoisotopic (exact) mass is 476 g/mol. The lowest BCUT2D eigenvalue weighted by Gasteiger charge is -2.13. The predicted molar refractivity (Wildman–Crippen MR) is 128 cm³/mol. The highest BCUT2D eigenvalue weighted by molar-refractivity contribution is 6.08. The number of hydrogen-bond donors (Lipinski definition) is 1. The summed E-state index contributed by atoms with van der Waals surface area (Å²) in [4.78, 5) is 60.1. The van der Waals surface area contributed by atoms with E-state index >= 15 is 0 Å². The molecule has 2 aromatic heterocycles. The Morgan fingerprint density at radius 3 is 2.57 bits per heavy atom. The Morgan fingerprint density at radius 2 is 1.89 bits per heavy atom. The van der Waals surface area contributed by atoms with Gasteiger partial charge in [-0.2, -0.15) is 4.99 Å². The molecule has 180 valence electrons. The predicted octanol–water partition coefficient (Wildman–Crippen LogP) is 1.76. The molecule has 1 saturated heterocycles. The van der Waals surface area contributed by atoms with Gasteiger partial charge in [0.15, 0.2) is 0 Å². The van der Waals surface area contributed by atoms with Crippen molar-refractivity contribution in [2.75, 3.05) is 32.1 Å². The smallest absolute Gasteiger partial charge is 0.414 e. The molecule has 1 fully saturated rings. The number of cyclic esters (lactones) is 1. The van der Waals surface area contributed by atoms with E-state index in [2.05, 4.69) is 15.3 Å². The Kier molecular flexibility index (Phi) is 6.58. The van der Waals surface area contributed by atoms with Crippen LogP contribution < -0.4 is 10.2 Å². The van der Waals surface area contributed by atoms with E-state index in [1.807, 2.05) is 0 Å². The lowest BCUT2D eigenvalue weighted by molar-refractivity contribution is -0.119. The molecule has 1 aromatic carbocycles. The van der Waals surface area contributed by atoms with Gasteiger partial charge in [-0.25, -0.2) is 9.78 Å². The third-order valence-electron chi connectivity index (χ3n) is 5.29. The largest absolute Gasteiger partial charge is 0.442 e. The summed E-state index contributed by atoms with van der Waals surface area (Å²) in [6, 6.07) is 9.79. The zero-order chi connectivity index (χ0) is 25.1. The normalized spacial score (nSPS) is 15.5. The number of carbonyl (C=O) groups is 4. The number of ketones is 1. The van der Waals surface area contributed by atoms with Gasteiger partial charge in [0.2, 0.25) is 11.7 Å². The summed E-state index contributed by atoms with van der Waals surface area (Å²) in [7, 11) is 3.52. The minimum Gasteiger partial charge on any atom is -0.442 e. The van der Waals surface area contributed by atoms with Crippen molar-refractivity contribution in [2.45, 2.75) is 13.0 Å². The second kappa shape index (κ2) is 9.75. The van der Waals surface area contributed by atoms with Crippen molar-refractivity contribution in [2.24, 2.45) is 4.99 Å². The van der Waals surface area contributed by atoms with Crippen LogP contribution in [0.2, 0.25) is 0 Å². The molecule has 3 heterocycles. The van der Waals surface area contributed by atoms with E-state index in [0.717, 1.165) is 0 Å². The lowest BCUT2D eigenvalue weighted by atomic mass is 10.1. The molecule has 3 amide bonds. The highest BCUT2D eigenvalue weighted by atomic mass is 16.6. The van der Waals surface area contributed by atoms with Gasteiger partial charge in [-0.05, 0) is 36.4 Å². The molecule has 1 aliphatic heterocycles. The molecular weight excluding hydrogens is 452 g/mol. The average Bonchev–Trinajstić information content (AvgIpc) is 3.43. The summed E-state index contributed by atoms with van der Waals surface area (Å²) in [5.41, 5.74) is 2.08. The maximum absolute atomic E-state index is 13.2. The molecule has 0 bridgehead atoms. The summed E-state index contributed by atoms with van der Waals surface area (Å²) in [6.45, 7) is 1.91. The lowest BCUT2D eigenvalue weighted by Crippen LogP contribution is -2.33. The third kappa shape index (κ3) is 5.18. The number of anilines is 1. The highest BCUT2D eigenvalue weighted by Crippen LogP contribution is 2.23. The number of fused-ring (bicyclic) bond motifs is 1. The van der Waals surface area contributed by atoms with Crippen LogP contribution in [-0.4, -0.2) is 77.6 Å². The van der Waals surface area contributed by atoms with Gasteiger partial charge in [0.1, 0.15) is 17.4 Å². The zero-order valence-electron chi connectivity index (χ0n) is 19.5. The number of carbonyl (C=O) groups excluding carboxylic acids is 4. The van der Waals surface area contributed by atoms with Gasteiger partial charge < -0.3 is 15.0 Å². The van der Waals surface area contributed by atoms with E-state index in [1.165, 1.54) is 30.6 Å². The molecule has 0 spiro atoms. The minimum atomic E-state index is -0.518. The van der Waals surface area contributed by atoms with Gasteiger partial charge in [0.05, 0.1) is 31.2 Å². The Labute approximate surface area is 201 Å². The van der Waals surface area contributed by atoms with Crippen molar-refractivity contribution < 1.29 is 23.9 Å². The molecule has 11 heteroatoms. The molecule has 4 rings (SSSR count). The van der Waals surface area contributed by atoms with Crippen LogP contribution in [-0.2, 0) is 9.53 Å². The number of nitrogens with one attached hydrogen (secondary N) is 1. The molecule has 1 aliphatic rings. The first-order valence-corrected chi connectivity index (χ1v) is 10.8. The van der Waals surface area contributed by atoms with Crippen LogP contribution >= 0.6 is 0 Å². The first-order valence-electron chi connectivity index (χ1n) is 10.8. The fourth-order valence-electron chi connectivity index (χ4n) is 3.55. The maximum atomic E-state index is 13.2. The molecule has 3 aromatic rings. The fourth-order valence-corrected chi connectivity index (χ4v) is 3.55. The second-order valence-corrected chi connectivity index (χ2v) is 8.23. The first-order chi connectivity index (χ1) is 16.7. The minimum absolute atomic E-state index is 0.201. The Balaban J connectivity index is 1.52. The van der Waals surface area contributed by atoms with E-state index in [-0.39, 0.29) is 30.5 Å². The van der Waals surface area contributed by atoms with Crippen molar-refractivity contribution in [3.8, 4) is 0 Å². The van der Waals surface area contributed by atoms with Crippen LogP contribution in [0.15, 0.2) is 53.8 Å². The van der Waals surface area contributed by atoms with E-state index in [4.69, 9.17) is 4.74 Å². The van der Waals surface area contributed by atoms with E-state index in [9.17, 15) is 19.2 Å². The van der Waals surface area contributed by atoms with Gasteiger partial charge >= 0.3 is 6.09 Å². The second-order valence-electron chi connectivity index (χ2n) is 8.23. The average molecular weight is 476 g/mol. The third-order valence-corrected chi connectivity index (χ3v) is 5.29. The number of rotatable bonds is 7. The summed E-state index contributed by atoms with van der Waals surface area (Å²) < 4.78 is 6.83. The SMILES string of the molecule is CC(=O)NC[C@H]1CN(c2ccc(C(=O)c3cnc4ccc(C(=O)N=CN(C)C)cn34)cc2)C(=O)O1. The van der Waals surface area contributed by atoms with Crippen LogP contribution in [0, 0.1) is 0 Å². The van der Waals surface area contributed by atoms with Crippen LogP contribution in [0.25, 0.3) is 5.65 Å². The van der Waals surface area contributed by atoms with E-state index in [0.29, 0.717) is 22.5 Å². The van der Waals surface area contributed by atoms with E-state index < -0.39 is 18.1 Å². The van der Waals surface area contributed by atoms with Gasteiger partial charge in [-0.1, -0.05) is 0 Å². The van der Waals surface area contributed by atoms with Crippen molar-refractivity contribution >= 4 is 41.4 Å². The van der Waals surface area contributed by atoms with Crippen molar-refractivity contribution in [1.29, 1.82) is 0 Å². The number of aliphatic imine (C=N–C) groups is 1. The number of hydrogen-bond acceptors (Lipinski definition) is 6. The molecule has 0 unspecified atom stereocenters. The molecule has 35 heavy (non-hydrogen) atoms. The Bertz CT molecular complexity index is 1330. The topological polar surface area (TPSA) is 126 Å². The van der Waals surface area contributed by atoms with Crippen molar-refractivity contribution in [3.63, 3.8) is 0 Å². The van der Waals surface area contributed by atoms with Gasteiger partial charge in [-0.3, -0.25) is 23.7 Å². The number of benzene rings is 1. The molecule has 0 radical (unpaired) electrons. The van der Waals surface area contributed by atoms with Crippen molar-refractivity contribution in [1.82, 2.24) is 19.6 Å². The van der Waals surface area contributed by atoms with Crippen LogP contribution in [0.4, 0.5) is 10.5 Å². The highest BCUT2D eigenvalue weighted by Gasteiger charge is 2.32. The maximum Gasteiger partial charge on any atom is 0.414 e. The Hall–Kier alpha value is -4.54. The summed E-state index contributed by atoms with van der Waals surface area (Å²) in [5.74, 6) is -0.933. The van der Waals surface area contributed by atoms with E-state index in [1.54, 1.807) is 59.8 Å². The van der Waals surface area contributed by atoms with Gasteiger partial charge in [0.25, 0.3) is 5.91 Å². The summed E-state index contributed by atoms with van der Waals surface area (Å²) in [6.07, 6.45) is 3.43. The zero-order valence-corrected chi connectivity index (χ0v) is 19.5. The Morgan fingerprint density at radius 1 is 1.17 bits per heavy atom. The van der Waals surface area contributed by atoms with Crippen LogP contribution in [0.3, 0.4) is 0 Å². The first kappa shape index (κ1) is 23.6. The number of aromatic nitrogens is 2. The van der Waals surface area contributed by atoms with Crippen LogP contribution in [0.1, 0.15) is 33.3 Å². The molecule has 0 saturated carbocycles. The number of pyridine rings is 1. The standard InChI is InChI=1S/C24H24N6O5/c1-15(31)25-10-19-13-29(24(34)35-19)18-7-4-16(5-8-18)22(32)20-11-26-21-9-6-17(12-30(20)21)23(33)27-14-28(2)3/h4-9,11-12,14,19H,10,13H2,1-3H3,(H,25,31)/t19-/m0/s1. The van der Waals surface area contributed by atoms with Crippen LogP contribution in [0.5, 0.6) is 0 Å². The number of nitrogens with zero attached hydrogens (tertiary/aromatic N) is 5. The molecule has 1 N–H and O–H groups in total. The number of amides is 3. The quantitative estimate of drug-likeness (QED) is 0.313. The summed E-state index contributed by atoms with van der Waals surface area (Å²) in [5, 5.41) is 2.63. The fraction of sp³-hybridized carbons (Fsp3) is 0.250. The van der Waals surface area contributed by atoms with Crippen molar-refractivity contribution in [3.05, 3.63) is 65.6 Å². The molecule has 11 nitrogen and oxygen atoms in total. The van der Waals surface area contributed by atoms with Gasteiger partial charge in [-0.15, -0.1) is 0 Å². The molecule has 1 atom stereocenters. The molecule has 0 aliphatic carbocycles. The van der Waals surface area contributed by atoms with Gasteiger partial charge in [0, 0.05) is 38.5 Å². The number of ether oxygens (including phenoxy) is 1. The number of imidazole rings is 1. The summed E-state index contributed by atoms with van der Waals surface area (Å²) >= 11 is 0.